The summed E-state index contributed by atoms with van der Waals surface area (Å²) in [4.78, 5) is 12.7. The van der Waals surface area contributed by atoms with Gasteiger partial charge in [-0.05, 0) is 36.3 Å². The number of rotatable bonds is 3. The number of aliphatic carboxylic acids is 1. The molecule has 1 aliphatic heterocycles. The summed E-state index contributed by atoms with van der Waals surface area (Å²) in [5, 5.41) is 9.24. The Morgan fingerprint density at radius 2 is 2.20 bits per heavy atom. The predicted molar refractivity (Wildman–Crippen MR) is 75.9 cm³/mol. The highest BCUT2D eigenvalue weighted by molar-refractivity contribution is 6.33. The van der Waals surface area contributed by atoms with E-state index >= 15 is 0 Å². The van der Waals surface area contributed by atoms with Gasteiger partial charge in [0.25, 0.3) is 0 Å². The Morgan fingerprint density at radius 1 is 1.50 bits per heavy atom. The maximum absolute atomic E-state index is 13.2. The molecule has 6 heteroatoms. The van der Waals surface area contributed by atoms with Crippen molar-refractivity contribution in [1.82, 2.24) is 4.90 Å². The zero-order chi connectivity index (χ0) is 14.9. The second kappa shape index (κ2) is 5.85. The molecule has 0 saturated carbocycles. The number of carboxylic acid groups (broad SMARTS) is 1. The first-order valence-corrected chi connectivity index (χ1v) is 6.68. The molecule has 2 rings (SSSR count). The standard InChI is InChI=1S/C14H12Cl2FNO2/c1-8-5-11(15)18(13(16)12(8)14(19)20)7-9-3-2-4-10(17)6-9/h2-6,11H,7H2,1H3,(H,19,20). The molecule has 0 aromatic heterocycles. The number of benzene rings is 1. The molecule has 106 valence electrons. The highest BCUT2D eigenvalue weighted by Gasteiger charge is 2.28. The molecule has 1 heterocycles. The normalized spacial score (nSPS) is 19.1. The average molecular weight is 316 g/mol. The zero-order valence-corrected chi connectivity index (χ0v) is 12.1. The van der Waals surface area contributed by atoms with Gasteiger partial charge in [-0.1, -0.05) is 35.3 Å². The summed E-state index contributed by atoms with van der Waals surface area (Å²) in [7, 11) is 0. The van der Waals surface area contributed by atoms with E-state index in [-0.39, 0.29) is 23.1 Å². The van der Waals surface area contributed by atoms with Crippen molar-refractivity contribution >= 4 is 29.2 Å². The average Bonchev–Trinajstić information content (AvgIpc) is 2.33. The van der Waals surface area contributed by atoms with Crippen LogP contribution in [0.4, 0.5) is 4.39 Å². The Kier molecular flexibility index (Phi) is 4.35. The molecular formula is C14H12Cl2FNO2. The van der Waals surface area contributed by atoms with Crippen molar-refractivity contribution in [1.29, 1.82) is 0 Å². The van der Waals surface area contributed by atoms with E-state index in [2.05, 4.69) is 0 Å². The second-order valence-corrected chi connectivity index (χ2v) is 5.26. The van der Waals surface area contributed by atoms with E-state index in [0.717, 1.165) is 0 Å². The van der Waals surface area contributed by atoms with Crippen LogP contribution in [0.25, 0.3) is 0 Å². The molecule has 0 spiro atoms. The van der Waals surface area contributed by atoms with E-state index in [1.807, 2.05) is 0 Å². The number of nitrogens with zero attached hydrogens (tertiary/aromatic N) is 1. The molecule has 0 bridgehead atoms. The predicted octanol–water partition coefficient (Wildman–Crippen LogP) is 3.69. The molecule has 1 aliphatic rings. The molecule has 0 aliphatic carbocycles. The first kappa shape index (κ1) is 14.9. The third-order valence-corrected chi connectivity index (χ3v) is 3.76. The third kappa shape index (κ3) is 2.97. The lowest BCUT2D eigenvalue weighted by atomic mass is 10.0. The largest absolute Gasteiger partial charge is 0.478 e. The lowest BCUT2D eigenvalue weighted by molar-refractivity contribution is -0.132. The Hall–Kier alpha value is -1.52. The summed E-state index contributed by atoms with van der Waals surface area (Å²) < 4.78 is 13.2. The smallest absolute Gasteiger partial charge is 0.339 e. The Morgan fingerprint density at radius 3 is 2.80 bits per heavy atom. The number of hydrogen-bond acceptors (Lipinski definition) is 2. The van der Waals surface area contributed by atoms with Gasteiger partial charge >= 0.3 is 5.97 Å². The molecule has 3 nitrogen and oxygen atoms in total. The molecule has 1 N–H and O–H groups in total. The lowest BCUT2D eigenvalue weighted by Gasteiger charge is -2.32. The van der Waals surface area contributed by atoms with Crippen LogP contribution in [0.3, 0.4) is 0 Å². The minimum Gasteiger partial charge on any atom is -0.478 e. The Bertz CT molecular complexity index is 613. The summed E-state index contributed by atoms with van der Waals surface area (Å²) in [5.74, 6) is -1.48. The topological polar surface area (TPSA) is 40.5 Å². The van der Waals surface area contributed by atoms with Gasteiger partial charge < -0.3 is 10.0 Å². The van der Waals surface area contributed by atoms with Crippen molar-refractivity contribution in [2.24, 2.45) is 0 Å². The van der Waals surface area contributed by atoms with Crippen LogP contribution in [0.5, 0.6) is 0 Å². The van der Waals surface area contributed by atoms with Gasteiger partial charge in [0.05, 0.1) is 5.57 Å². The molecule has 0 radical (unpaired) electrons. The van der Waals surface area contributed by atoms with Crippen LogP contribution in [0.1, 0.15) is 12.5 Å². The molecule has 0 saturated heterocycles. The van der Waals surface area contributed by atoms with Crippen molar-refractivity contribution in [3.8, 4) is 0 Å². The van der Waals surface area contributed by atoms with Crippen molar-refractivity contribution in [2.75, 3.05) is 0 Å². The Balaban J connectivity index is 2.34. The molecular weight excluding hydrogens is 304 g/mol. The zero-order valence-electron chi connectivity index (χ0n) is 10.6. The van der Waals surface area contributed by atoms with Gasteiger partial charge in [-0.2, -0.15) is 0 Å². The van der Waals surface area contributed by atoms with Crippen LogP contribution in [0, 0.1) is 5.82 Å². The second-order valence-electron chi connectivity index (χ2n) is 4.45. The number of alkyl halides is 1. The van der Waals surface area contributed by atoms with Crippen LogP contribution in [0.2, 0.25) is 0 Å². The molecule has 1 atom stereocenters. The van der Waals surface area contributed by atoms with Gasteiger partial charge in [0.1, 0.15) is 16.5 Å². The first-order chi connectivity index (χ1) is 9.40. The van der Waals surface area contributed by atoms with Crippen molar-refractivity contribution in [2.45, 2.75) is 19.0 Å². The van der Waals surface area contributed by atoms with E-state index in [1.54, 1.807) is 25.1 Å². The first-order valence-electron chi connectivity index (χ1n) is 5.87. The summed E-state index contributed by atoms with van der Waals surface area (Å²) in [6, 6.07) is 6.00. The summed E-state index contributed by atoms with van der Waals surface area (Å²) in [5.41, 5.74) is 0.610. The van der Waals surface area contributed by atoms with E-state index in [9.17, 15) is 14.3 Å². The minimum atomic E-state index is -1.11. The van der Waals surface area contributed by atoms with Crippen LogP contribution < -0.4 is 0 Å². The number of carbonyl (C=O) groups is 1. The maximum atomic E-state index is 13.2. The lowest BCUT2D eigenvalue weighted by Crippen LogP contribution is -2.32. The van der Waals surface area contributed by atoms with Gasteiger partial charge in [0, 0.05) is 6.54 Å². The maximum Gasteiger partial charge on any atom is 0.339 e. The highest BCUT2D eigenvalue weighted by Crippen LogP contribution is 2.32. The van der Waals surface area contributed by atoms with Gasteiger partial charge in [0.15, 0.2) is 0 Å². The van der Waals surface area contributed by atoms with Gasteiger partial charge in [0.2, 0.25) is 0 Å². The summed E-state index contributed by atoms with van der Waals surface area (Å²) in [6.07, 6.45) is 1.61. The van der Waals surface area contributed by atoms with E-state index in [1.165, 1.54) is 17.0 Å². The Labute approximate surface area is 125 Å². The van der Waals surface area contributed by atoms with Gasteiger partial charge in [-0.15, -0.1) is 0 Å². The monoisotopic (exact) mass is 315 g/mol. The van der Waals surface area contributed by atoms with E-state index in [4.69, 9.17) is 23.2 Å². The van der Waals surface area contributed by atoms with Crippen molar-refractivity contribution in [3.05, 3.63) is 58.0 Å². The molecule has 1 aromatic carbocycles. The fourth-order valence-electron chi connectivity index (χ4n) is 2.04. The number of carboxylic acids is 1. The van der Waals surface area contributed by atoms with Crippen molar-refractivity contribution < 1.29 is 14.3 Å². The van der Waals surface area contributed by atoms with Crippen LogP contribution in [-0.2, 0) is 11.3 Å². The minimum absolute atomic E-state index is 0.0139. The van der Waals surface area contributed by atoms with Crippen LogP contribution in [-0.4, -0.2) is 21.5 Å². The third-order valence-electron chi connectivity index (χ3n) is 2.99. The quantitative estimate of drug-likeness (QED) is 0.683. The van der Waals surface area contributed by atoms with Gasteiger partial charge in [-0.3, -0.25) is 0 Å². The van der Waals surface area contributed by atoms with E-state index < -0.39 is 11.5 Å². The van der Waals surface area contributed by atoms with Gasteiger partial charge in [-0.25, -0.2) is 9.18 Å². The van der Waals surface area contributed by atoms with Crippen LogP contribution >= 0.6 is 23.2 Å². The molecule has 0 fully saturated rings. The molecule has 1 aromatic rings. The summed E-state index contributed by atoms with van der Waals surface area (Å²) >= 11 is 12.3. The summed E-state index contributed by atoms with van der Waals surface area (Å²) in [6.45, 7) is 1.87. The van der Waals surface area contributed by atoms with E-state index in [0.29, 0.717) is 11.1 Å². The SMILES string of the molecule is CC1=CC(Cl)N(Cc2cccc(F)c2)C(Cl)=C1C(=O)O. The fraction of sp³-hybridized carbons (Fsp3) is 0.214. The van der Waals surface area contributed by atoms with Crippen molar-refractivity contribution in [3.63, 3.8) is 0 Å². The number of hydrogen-bond donors (Lipinski definition) is 1. The molecule has 1 unspecified atom stereocenters. The number of halogens is 3. The fourth-order valence-corrected chi connectivity index (χ4v) is 2.84. The molecule has 20 heavy (non-hydrogen) atoms. The highest BCUT2D eigenvalue weighted by atomic mass is 35.5. The molecule has 0 amide bonds. The van der Waals surface area contributed by atoms with Crippen LogP contribution in [0.15, 0.2) is 46.6 Å².